The average molecular weight is 464 g/mol. The van der Waals surface area contributed by atoms with Gasteiger partial charge in [-0.1, -0.05) is 41.9 Å². The summed E-state index contributed by atoms with van der Waals surface area (Å²) >= 11 is 6.15. The smallest absolute Gasteiger partial charge is 0.339 e. The number of tetrazole rings is 1. The average Bonchev–Trinajstić information content (AvgIpc) is 3.38. The van der Waals surface area contributed by atoms with E-state index in [9.17, 15) is 9.59 Å². The molecule has 3 aromatic carbocycles. The maximum absolute atomic E-state index is 13.1. The summed E-state index contributed by atoms with van der Waals surface area (Å²) in [6.45, 7) is 0. The Kier molecular flexibility index (Phi) is 6.61. The fraction of sp³-hybridized carbons (Fsp3) is 0.0870. The number of aromatic nitrogens is 4. The lowest BCUT2D eigenvalue weighted by Gasteiger charge is -2.18. The van der Waals surface area contributed by atoms with Crippen LogP contribution in [0.1, 0.15) is 22.0 Å². The Morgan fingerprint density at radius 1 is 1.03 bits per heavy atom. The van der Waals surface area contributed by atoms with E-state index in [1.165, 1.54) is 18.1 Å². The van der Waals surface area contributed by atoms with Gasteiger partial charge in [-0.05, 0) is 52.9 Å². The third-order valence-corrected chi connectivity index (χ3v) is 5.00. The van der Waals surface area contributed by atoms with Gasteiger partial charge in [0, 0.05) is 11.3 Å². The molecule has 0 spiro atoms. The number of nitrogens with zero attached hydrogens (tertiary/aromatic N) is 4. The van der Waals surface area contributed by atoms with Crippen molar-refractivity contribution in [3.8, 4) is 11.4 Å². The van der Waals surface area contributed by atoms with Crippen molar-refractivity contribution in [3.63, 3.8) is 0 Å². The number of benzene rings is 3. The maximum atomic E-state index is 13.1. The van der Waals surface area contributed by atoms with Crippen LogP contribution >= 0.6 is 11.6 Å². The number of carbonyl (C=O) groups is 2. The molecule has 9 nitrogen and oxygen atoms in total. The highest BCUT2D eigenvalue weighted by atomic mass is 35.5. The highest BCUT2D eigenvalue weighted by Gasteiger charge is 2.26. The quantitative estimate of drug-likeness (QED) is 0.414. The third-order valence-electron chi connectivity index (χ3n) is 4.70. The summed E-state index contributed by atoms with van der Waals surface area (Å²) in [5.41, 5.74) is 1.90. The number of hydrogen-bond acceptors (Lipinski definition) is 7. The molecule has 0 saturated carbocycles. The minimum absolute atomic E-state index is 0.271. The SMILES string of the molecule is COc1ccc(NC(=O)[C@@H](OC(=O)c2ccc(-n3cnnn3)cc2)c2ccccc2)cc1Cl. The van der Waals surface area contributed by atoms with Gasteiger partial charge in [0.2, 0.25) is 6.10 Å². The molecule has 0 aliphatic heterocycles. The molecule has 1 aromatic heterocycles. The molecular weight excluding hydrogens is 446 g/mol. The maximum Gasteiger partial charge on any atom is 0.339 e. The minimum Gasteiger partial charge on any atom is -0.495 e. The highest BCUT2D eigenvalue weighted by Crippen LogP contribution is 2.28. The van der Waals surface area contributed by atoms with Gasteiger partial charge in [-0.3, -0.25) is 4.79 Å². The van der Waals surface area contributed by atoms with Gasteiger partial charge < -0.3 is 14.8 Å². The first kappa shape index (κ1) is 22.0. The van der Waals surface area contributed by atoms with E-state index in [4.69, 9.17) is 21.1 Å². The number of hydrogen-bond donors (Lipinski definition) is 1. The van der Waals surface area contributed by atoms with Gasteiger partial charge in [0.15, 0.2) is 0 Å². The van der Waals surface area contributed by atoms with Crippen molar-refractivity contribution in [1.82, 2.24) is 20.2 Å². The number of nitrogens with one attached hydrogen (secondary N) is 1. The van der Waals surface area contributed by atoms with Crippen LogP contribution in [-0.4, -0.2) is 39.2 Å². The number of amides is 1. The molecule has 0 unspecified atom stereocenters. The third kappa shape index (κ3) is 5.16. The van der Waals surface area contributed by atoms with Crippen LogP contribution in [0.25, 0.3) is 5.69 Å². The molecular formula is C23H18ClN5O4. The van der Waals surface area contributed by atoms with E-state index in [1.807, 2.05) is 0 Å². The number of methoxy groups -OCH3 is 1. The summed E-state index contributed by atoms with van der Waals surface area (Å²) in [4.78, 5) is 25.9. The predicted molar refractivity (Wildman–Crippen MR) is 120 cm³/mol. The topological polar surface area (TPSA) is 108 Å². The summed E-state index contributed by atoms with van der Waals surface area (Å²) in [5, 5.41) is 14.0. The van der Waals surface area contributed by atoms with E-state index >= 15 is 0 Å². The second kappa shape index (κ2) is 9.92. The van der Waals surface area contributed by atoms with E-state index in [1.54, 1.807) is 72.8 Å². The van der Waals surface area contributed by atoms with Crippen molar-refractivity contribution in [2.24, 2.45) is 0 Å². The second-order valence-electron chi connectivity index (χ2n) is 6.84. The van der Waals surface area contributed by atoms with Crippen LogP contribution in [0.4, 0.5) is 5.69 Å². The molecule has 1 amide bonds. The summed E-state index contributed by atoms with van der Waals surface area (Å²) in [5.74, 6) is -0.707. The minimum atomic E-state index is -1.18. The molecule has 10 heteroatoms. The lowest BCUT2D eigenvalue weighted by molar-refractivity contribution is -0.125. The Morgan fingerprint density at radius 3 is 2.42 bits per heavy atom. The summed E-state index contributed by atoms with van der Waals surface area (Å²) in [6, 6.07) is 20.1. The zero-order chi connectivity index (χ0) is 23.2. The van der Waals surface area contributed by atoms with Crippen LogP contribution in [0.3, 0.4) is 0 Å². The lowest BCUT2D eigenvalue weighted by Crippen LogP contribution is -2.26. The number of rotatable bonds is 7. The first-order valence-corrected chi connectivity index (χ1v) is 10.2. The fourth-order valence-corrected chi connectivity index (χ4v) is 3.32. The molecule has 4 aromatic rings. The Labute approximate surface area is 193 Å². The molecule has 0 saturated heterocycles. The molecule has 0 bridgehead atoms. The highest BCUT2D eigenvalue weighted by molar-refractivity contribution is 6.32. The van der Waals surface area contributed by atoms with Gasteiger partial charge in [0.25, 0.3) is 5.91 Å². The van der Waals surface area contributed by atoms with Gasteiger partial charge in [-0.15, -0.1) is 5.10 Å². The molecule has 0 aliphatic rings. The number of halogens is 1. The number of anilines is 1. The van der Waals surface area contributed by atoms with Crippen LogP contribution < -0.4 is 10.1 Å². The first-order chi connectivity index (χ1) is 16.0. The zero-order valence-electron chi connectivity index (χ0n) is 17.4. The van der Waals surface area contributed by atoms with E-state index in [0.29, 0.717) is 27.7 Å². The molecule has 1 heterocycles. The molecule has 166 valence electrons. The fourth-order valence-electron chi connectivity index (χ4n) is 3.06. The summed E-state index contributed by atoms with van der Waals surface area (Å²) in [7, 11) is 1.50. The van der Waals surface area contributed by atoms with Gasteiger partial charge in [-0.2, -0.15) is 0 Å². The molecule has 0 aliphatic carbocycles. The monoisotopic (exact) mass is 463 g/mol. The Morgan fingerprint density at radius 2 is 1.79 bits per heavy atom. The van der Waals surface area contributed by atoms with Gasteiger partial charge in [0.05, 0.1) is 23.4 Å². The van der Waals surface area contributed by atoms with E-state index in [0.717, 1.165) is 0 Å². The van der Waals surface area contributed by atoms with E-state index in [-0.39, 0.29) is 5.56 Å². The van der Waals surface area contributed by atoms with Crippen LogP contribution in [0, 0.1) is 0 Å². The van der Waals surface area contributed by atoms with E-state index < -0.39 is 18.0 Å². The molecule has 4 rings (SSSR count). The van der Waals surface area contributed by atoms with Crippen molar-refractivity contribution >= 4 is 29.2 Å². The standard InChI is InChI=1S/C23H18ClN5O4/c1-32-20-12-9-17(13-19(20)24)26-22(30)21(15-5-3-2-4-6-15)33-23(31)16-7-10-18(11-8-16)29-14-25-27-28-29/h2-14,21H,1H3,(H,26,30)/t21-/m0/s1. The van der Waals surface area contributed by atoms with E-state index in [2.05, 4.69) is 20.8 Å². The van der Waals surface area contributed by atoms with Crippen LogP contribution in [-0.2, 0) is 9.53 Å². The van der Waals surface area contributed by atoms with Gasteiger partial charge in [-0.25, -0.2) is 9.48 Å². The van der Waals surface area contributed by atoms with Crippen molar-refractivity contribution in [3.05, 3.63) is 95.3 Å². The van der Waals surface area contributed by atoms with Crippen LogP contribution in [0.2, 0.25) is 5.02 Å². The summed E-state index contributed by atoms with van der Waals surface area (Å²) in [6.07, 6.45) is 0.257. The van der Waals surface area contributed by atoms with Crippen molar-refractivity contribution < 1.29 is 19.1 Å². The Hall–Kier alpha value is -4.24. The van der Waals surface area contributed by atoms with Crippen LogP contribution in [0.15, 0.2) is 79.1 Å². The van der Waals surface area contributed by atoms with Gasteiger partial charge >= 0.3 is 5.97 Å². The summed E-state index contributed by atoms with van der Waals surface area (Å²) < 4.78 is 12.2. The molecule has 1 N–H and O–H groups in total. The van der Waals surface area contributed by atoms with Crippen molar-refractivity contribution in [1.29, 1.82) is 0 Å². The van der Waals surface area contributed by atoms with Crippen molar-refractivity contribution in [2.75, 3.05) is 12.4 Å². The molecule has 0 radical (unpaired) electrons. The van der Waals surface area contributed by atoms with Gasteiger partial charge in [0.1, 0.15) is 12.1 Å². The predicted octanol–water partition coefficient (Wildman–Crippen LogP) is 3.86. The first-order valence-electron chi connectivity index (χ1n) is 9.79. The normalized spacial score (nSPS) is 11.5. The molecule has 1 atom stereocenters. The number of esters is 1. The largest absolute Gasteiger partial charge is 0.495 e. The Bertz CT molecular complexity index is 1250. The Balaban J connectivity index is 1.54. The number of ether oxygens (including phenoxy) is 2. The number of carbonyl (C=O) groups excluding carboxylic acids is 2. The second-order valence-corrected chi connectivity index (χ2v) is 7.24. The van der Waals surface area contributed by atoms with Crippen LogP contribution in [0.5, 0.6) is 5.75 Å². The molecule has 0 fully saturated rings. The zero-order valence-corrected chi connectivity index (χ0v) is 18.1. The lowest BCUT2D eigenvalue weighted by atomic mass is 10.1. The molecule has 33 heavy (non-hydrogen) atoms. The van der Waals surface area contributed by atoms with Crippen molar-refractivity contribution in [2.45, 2.75) is 6.10 Å².